The molecule has 1 aliphatic rings. The fraction of sp³-hybridized carbons (Fsp3) is 0.700. The van der Waals surface area contributed by atoms with Gasteiger partial charge in [0.25, 0.3) is 0 Å². The van der Waals surface area contributed by atoms with Gasteiger partial charge in [0.15, 0.2) is 11.5 Å². The highest BCUT2D eigenvalue weighted by Gasteiger charge is 2.16. The Morgan fingerprint density at radius 2 is 1.75 bits per heavy atom. The molecule has 4 heteroatoms. The molecule has 136 valence electrons. The summed E-state index contributed by atoms with van der Waals surface area (Å²) < 4.78 is 17.1. The SMILES string of the molecule is CCCOc1ccc(C(C)NCC2CCOCC2)cc1OCCC. The third-order valence-electron chi connectivity index (χ3n) is 4.44. The first kappa shape index (κ1) is 19.1. The first-order chi connectivity index (χ1) is 11.7. The molecule has 0 aromatic heterocycles. The highest BCUT2D eigenvalue weighted by Crippen LogP contribution is 2.31. The van der Waals surface area contributed by atoms with Crippen LogP contribution in [0.1, 0.15) is 58.1 Å². The molecule has 1 fully saturated rings. The Balaban J connectivity index is 1.96. The summed E-state index contributed by atoms with van der Waals surface area (Å²) in [5.41, 5.74) is 1.25. The Hall–Kier alpha value is -1.26. The Morgan fingerprint density at radius 1 is 1.08 bits per heavy atom. The maximum atomic E-state index is 5.90. The molecule has 1 unspecified atom stereocenters. The second-order valence-corrected chi connectivity index (χ2v) is 6.59. The molecule has 1 N–H and O–H groups in total. The van der Waals surface area contributed by atoms with E-state index < -0.39 is 0 Å². The lowest BCUT2D eigenvalue weighted by Crippen LogP contribution is -2.29. The predicted octanol–water partition coefficient (Wildman–Crippen LogP) is 4.34. The monoisotopic (exact) mass is 335 g/mol. The molecule has 2 rings (SSSR count). The Labute approximate surface area is 146 Å². The molecule has 0 bridgehead atoms. The molecule has 1 atom stereocenters. The maximum Gasteiger partial charge on any atom is 0.161 e. The van der Waals surface area contributed by atoms with E-state index in [1.807, 2.05) is 6.07 Å². The van der Waals surface area contributed by atoms with Gasteiger partial charge in [0.2, 0.25) is 0 Å². The Kier molecular flexibility index (Phi) is 8.40. The summed E-state index contributed by atoms with van der Waals surface area (Å²) in [6.07, 6.45) is 4.32. The molecule has 0 amide bonds. The van der Waals surface area contributed by atoms with Crippen molar-refractivity contribution in [3.05, 3.63) is 23.8 Å². The Morgan fingerprint density at radius 3 is 2.42 bits per heavy atom. The summed E-state index contributed by atoms with van der Waals surface area (Å²) in [6.45, 7) is 10.7. The van der Waals surface area contributed by atoms with Crippen LogP contribution in [-0.2, 0) is 4.74 Å². The van der Waals surface area contributed by atoms with Crippen LogP contribution in [0.15, 0.2) is 18.2 Å². The molecular formula is C20H33NO3. The van der Waals surface area contributed by atoms with Gasteiger partial charge in [-0.2, -0.15) is 0 Å². The summed E-state index contributed by atoms with van der Waals surface area (Å²) in [4.78, 5) is 0. The summed E-state index contributed by atoms with van der Waals surface area (Å²) in [7, 11) is 0. The quantitative estimate of drug-likeness (QED) is 0.690. The van der Waals surface area contributed by atoms with Gasteiger partial charge in [0.1, 0.15) is 0 Å². The van der Waals surface area contributed by atoms with E-state index in [2.05, 4.69) is 38.2 Å². The van der Waals surface area contributed by atoms with Gasteiger partial charge in [-0.1, -0.05) is 19.9 Å². The van der Waals surface area contributed by atoms with E-state index in [4.69, 9.17) is 14.2 Å². The predicted molar refractivity (Wildman–Crippen MR) is 98.0 cm³/mol. The van der Waals surface area contributed by atoms with Crippen LogP contribution in [-0.4, -0.2) is 33.0 Å². The molecule has 1 saturated heterocycles. The number of hydrogen-bond donors (Lipinski definition) is 1. The average Bonchev–Trinajstić information content (AvgIpc) is 2.63. The number of rotatable bonds is 10. The van der Waals surface area contributed by atoms with Crippen LogP contribution in [0.25, 0.3) is 0 Å². The zero-order chi connectivity index (χ0) is 17.2. The molecule has 1 heterocycles. The van der Waals surface area contributed by atoms with Crippen molar-refractivity contribution in [3.8, 4) is 11.5 Å². The molecule has 0 radical (unpaired) electrons. The molecule has 1 aromatic rings. The molecule has 0 aliphatic carbocycles. The summed E-state index contributed by atoms with van der Waals surface area (Å²) >= 11 is 0. The fourth-order valence-electron chi connectivity index (χ4n) is 2.86. The molecular weight excluding hydrogens is 302 g/mol. The van der Waals surface area contributed by atoms with E-state index in [-0.39, 0.29) is 0 Å². The lowest BCUT2D eigenvalue weighted by atomic mass is 9.99. The minimum atomic E-state index is 0.303. The lowest BCUT2D eigenvalue weighted by molar-refractivity contribution is 0.0656. The van der Waals surface area contributed by atoms with Crippen molar-refractivity contribution in [1.82, 2.24) is 5.32 Å². The van der Waals surface area contributed by atoms with Gasteiger partial charge in [-0.3, -0.25) is 0 Å². The molecule has 1 aliphatic heterocycles. The van der Waals surface area contributed by atoms with Gasteiger partial charge in [0.05, 0.1) is 13.2 Å². The van der Waals surface area contributed by atoms with Crippen molar-refractivity contribution >= 4 is 0 Å². The van der Waals surface area contributed by atoms with Gasteiger partial charge in [-0.25, -0.2) is 0 Å². The van der Waals surface area contributed by atoms with Crippen LogP contribution < -0.4 is 14.8 Å². The van der Waals surface area contributed by atoms with Gasteiger partial charge in [0, 0.05) is 19.3 Å². The zero-order valence-electron chi connectivity index (χ0n) is 15.5. The standard InChI is InChI=1S/C20H33NO3/c1-4-10-23-19-7-6-18(14-20(19)24-11-5-2)16(3)21-15-17-8-12-22-13-9-17/h6-7,14,16-17,21H,4-5,8-13,15H2,1-3H3. The van der Waals surface area contributed by atoms with Crippen LogP contribution in [0.2, 0.25) is 0 Å². The van der Waals surface area contributed by atoms with Crippen molar-refractivity contribution in [2.75, 3.05) is 33.0 Å². The second-order valence-electron chi connectivity index (χ2n) is 6.59. The summed E-state index contributed by atoms with van der Waals surface area (Å²) in [5, 5.41) is 3.66. The highest BCUT2D eigenvalue weighted by atomic mass is 16.5. The molecule has 24 heavy (non-hydrogen) atoms. The van der Waals surface area contributed by atoms with E-state index in [9.17, 15) is 0 Å². The molecule has 0 saturated carbocycles. The van der Waals surface area contributed by atoms with Crippen molar-refractivity contribution in [3.63, 3.8) is 0 Å². The van der Waals surface area contributed by atoms with E-state index in [0.29, 0.717) is 6.04 Å². The van der Waals surface area contributed by atoms with Crippen LogP contribution in [0.3, 0.4) is 0 Å². The number of nitrogens with one attached hydrogen (secondary N) is 1. The largest absolute Gasteiger partial charge is 0.490 e. The normalized spacial score (nSPS) is 16.8. The van der Waals surface area contributed by atoms with E-state index >= 15 is 0 Å². The first-order valence-electron chi connectivity index (χ1n) is 9.45. The third kappa shape index (κ3) is 5.99. The number of hydrogen-bond acceptors (Lipinski definition) is 4. The van der Waals surface area contributed by atoms with Crippen LogP contribution >= 0.6 is 0 Å². The molecule has 1 aromatic carbocycles. The highest BCUT2D eigenvalue weighted by molar-refractivity contribution is 5.43. The summed E-state index contributed by atoms with van der Waals surface area (Å²) in [5.74, 6) is 2.44. The molecule has 0 spiro atoms. The number of ether oxygens (including phenoxy) is 3. The fourth-order valence-corrected chi connectivity index (χ4v) is 2.86. The zero-order valence-corrected chi connectivity index (χ0v) is 15.5. The van der Waals surface area contributed by atoms with Gasteiger partial charge < -0.3 is 19.5 Å². The van der Waals surface area contributed by atoms with Crippen LogP contribution in [0.4, 0.5) is 0 Å². The molecule has 4 nitrogen and oxygen atoms in total. The second kappa shape index (κ2) is 10.6. The van der Waals surface area contributed by atoms with Gasteiger partial charge >= 0.3 is 0 Å². The van der Waals surface area contributed by atoms with Crippen molar-refractivity contribution in [2.45, 2.75) is 52.5 Å². The summed E-state index contributed by atoms with van der Waals surface area (Å²) in [6, 6.07) is 6.62. The smallest absolute Gasteiger partial charge is 0.161 e. The first-order valence-corrected chi connectivity index (χ1v) is 9.45. The third-order valence-corrected chi connectivity index (χ3v) is 4.44. The topological polar surface area (TPSA) is 39.7 Å². The maximum absolute atomic E-state index is 5.90. The van der Waals surface area contributed by atoms with Crippen LogP contribution in [0.5, 0.6) is 11.5 Å². The van der Waals surface area contributed by atoms with Crippen LogP contribution in [0, 0.1) is 5.92 Å². The Bertz CT molecular complexity index is 472. The average molecular weight is 335 g/mol. The van der Waals surface area contributed by atoms with E-state index in [1.165, 1.54) is 5.56 Å². The van der Waals surface area contributed by atoms with E-state index in [1.54, 1.807) is 0 Å². The van der Waals surface area contributed by atoms with Gasteiger partial charge in [-0.05, 0) is 62.8 Å². The van der Waals surface area contributed by atoms with Gasteiger partial charge in [-0.15, -0.1) is 0 Å². The minimum absolute atomic E-state index is 0.303. The number of benzene rings is 1. The van der Waals surface area contributed by atoms with Crippen molar-refractivity contribution in [2.24, 2.45) is 5.92 Å². The lowest BCUT2D eigenvalue weighted by Gasteiger charge is -2.25. The van der Waals surface area contributed by atoms with E-state index in [0.717, 1.165) is 76.1 Å². The minimum Gasteiger partial charge on any atom is -0.490 e. The van der Waals surface area contributed by atoms with Crippen molar-refractivity contribution in [1.29, 1.82) is 0 Å². The van der Waals surface area contributed by atoms with Crippen molar-refractivity contribution < 1.29 is 14.2 Å².